The summed E-state index contributed by atoms with van der Waals surface area (Å²) in [6, 6.07) is 17.0. The molecule has 7 heteroatoms. The minimum atomic E-state index is -0.438. The summed E-state index contributed by atoms with van der Waals surface area (Å²) in [5.74, 6) is 0.0594. The van der Waals surface area contributed by atoms with Gasteiger partial charge in [0.2, 0.25) is 0 Å². The van der Waals surface area contributed by atoms with E-state index in [4.69, 9.17) is 9.47 Å². The van der Waals surface area contributed by atoms with Gasteiger partial charge in [-0.05, 0) is 55.7 Å². The van der Waals surface area contributed by atoms with Gasteiger partial charge in [0, 0.05) is 11.4 Å². The molecule has 1 heterocycles. The van der Waals surface area contributed by atoms with Crippen LogP contribution in [0, 0.1) is 0 Å². The minimum Gasteiger partial charge on any atom is -0.497 e. The van der Waals surface area contributed by atoms with Crippen LogP contribution >= 0.6 is 0 Å². The van der Waals surface area contributed by atoms with Crippen LogP contribution < -0.4 is 15.4 Å². The van der Waals surface area contributed by atoms with Crippen LogP contribution in [0.3, 0.4) is 0 Å². The number of aromatic amines is 1. The number of hydrogen-bond acceptors (Lipinski definition) is 5. The third-order valence-corrected chi connectivity index (χ3v) is 5.45. The average molecular weight is 450 g/mol. The maximum absolute atomic E-state index is 13.2. The molecule has 0 aliphatic heterocycles. The number of methoxy groups -OCH3 is 1. The van der Waals surface area contributed by atoms with Gasteiger partial charge >= 0.3 is 5.97 Å². The highest BCUT2D eigenvalue weighted by Gasteiger charge is 2.27. The van der Waals surface area contributed by atoms with E-state index < -0.39 is 5.97 Å². The molecule has 7 nitrogen and oxygen atoms in total. The number of rotatable bonds is 10. The first kappa shape index (κ1) is 23.9. The lowest BCUT2D eigenvalue weighted by atomic mass is 10.0. The maximum atomic E-state index is 13.2. The molecular formula is C26H31N3O4. The van der Waals surface area contributed by atoms with Crippen LogP contribution in [-0.2, 0) is 17.7 Å². The van der Waals surface area contributed by atoms with E-state index in [1.54, 1.807) is 14.0 Å². The number of hydrogen-bond donors (Lipinski definition) is 3. The van der Waals surface area contributed by atoms with Gasteiger partial charge in [-0.15, -0.1) is 0 Å². The molecule has 3 rings (SSSR count). The summed E-state index contributed by atoms with van der Waals surface area (Å²) in [6.45, 7) is 6.20. The molecule has 2 aromatic carbocycles. The Bertz CT molecular complexity index is 1070. The van der Waals surface area contributed by atoms with Gasteiger partial charge in [-0.1, -0.05) is 37.3 Å². The first-order valence-corrected chi connectivity index (χ1v) is 11.1. The summed E-state index contributed by atoms with van der Waals surface area (Å²) >= 11 is 0. The van der Waals surface area contributed by atoms with E-state index in [1.807, 2.05) is 68.4 Å². The molecule has 0 unspecified atom stereocenters. The molecule has 0 saturated carbocycles. The van der Waals surface area contributed by atoms with Crippen LogP contribution in [0.25, 0.3) is 0 Å². The Morgan fingerprint density at radius 2 is 1.73 bits per heavy atom. The predicted molar refractivity (Wildman–Crippen MR) is 129 cm³/mol. The summed E-state index contributed by atoms with van der Waals surface area (Å²) in [7, 11) is 1.62. The molecule has 0 aliphatic rings. The van der Waals surface area contributed by atoms with Crippen molar-refractivity contribution >= 4 is 17.6 Å². The molecule has 1 aromatic heterocycles. The first-order chi connectivity index (χ1) is 16.0. The average Bonchev–Trinajstić information content (AvgIpc) is 3.22. The Morgan fingerprint density at radius 1 is 1.03 bits per heavy atom. The predicted octanol–water partition coefficient (Wildman–Crippen LogP) is 4.87. The molecule has 1 atom stereocenters. The molecule has 1 amide bonds. The molecule has 3 N–H and O–H groups in total. The van der Waals surface area contributed by atoms with Crippen molar-refractivity contribution in [1.82, 2.24) is 10.3 Å². The van der Waals surface area contributed by atoms with E-state index in [1.165, 1.54) is 0 Å². The zero-order valence-corrected chi connectivity index (χ0v) is 19.5. The number of anilines is 1. The maximum Gasteiger partial charge on any atom is 0.340 e. The number of esters is 1. The fourth-order valence-corrected chi connectivity index (χ4v) is 3.72. The molecule has 3 aromatic rings. The van der Waals surface area contributed by atoms with Gasteiger partial charge in [0.1, 0.15) is 11.4 Å². The molecule has 0 saturated heterocycles. The van der Waals surface area contributed by atoms with E-state index in [0.29, 0.717) is 35.5 Å². The standard InChI is InChI=1S/C26H31N3O4/c1-5-21-23(26(31)33-6-2)22(16-27-19-12-14-20(32-4)15-13-19)29-24(21)25(30)28-17(3)18-10-8-7-9-11-18/h7-15,17,27,29H,5-6,16H2,1-4H3,(H,28,30)/t17-/m0/s1. The summed E-state index contributed by atoms with van der Waals surface area (Å²) in [5, 5.41) is 6.32. The van der Waals surface area contributed by atoms with E-state index in [9.17, 15) is 9.59 Å². The van der Waals surface area contributed by atoms with Gasteiger partial charge in [-0.25, -0.2) is 4.79 Å². The van der Waals surface area contributed by atoms with E-state index in [0.717, 1.165) is 17.0 Å². The molecule has 0 bridgehead atoms. The van der Waals surface area contributed by atoms with E-state index >= 15 is 0 Å². The molecule has 0 fully saturated rings. The Labute approximate surface area is 194 Å². The molecule has 0 aliphatic carbocycles. The van der Waals surface area contributed by atoms with Gasteiger partial charge in [-0.3, -0.25) is 4.79 Å². The van der Waals surface area contributed by atoms with Crippen molar-refractivity contribution in [3.63, 3.8) is 0 Å². The molecule has 33 heavy (non-hydrogen) atoms. The Hall–Kier alpha value is -3.74. The number of benzene rings is 2. The van der Waals surface area contributed by atoms with Crippen molar-refractivity contribution in [3.05, 3.63) is 82.7 Å². The minimum absolute atomic E-state index is 0.182. The van der Waals surface area contributed by atoms with Crippen molar-refractivity contribution in [2.45, 2.75) is 39.8 Å². The largest absolute Gasteiger partial charge is 0.497 e. The Morgan fingerprint density at radius 3 is 2.33 bits per heavy atom. The van der Waals surface area contributed by atoms with Crippen LogP contribution in [0.5, 0.6) is 5.75 Å². The fourth-order valence-electron chi connectivity index (χ4n) is 3.72. The molecule has 0 spiro atoms. The van der Waals surface area contributed by atoms with Gasteiger partial charge < -0.3 is 25.1 Å². The summed E-state index contributed by atoms with van der Waals surface area (Å²) < 4.78 is 10.5. The van der Waals surface area contributed by atoms with Crippen molar-refractivity contribution < 1.29 is 19.1 Å². The number of amides is 1. The van der Waals surface area contributed by atoms with Crippen LogP contribution in [0.4, 0.5) is 5.69 Å². The number of carbonyl (C=O) groups is 2. The highest BCUT2D eigenvalue weighted by molar-refractivity contribution is 6.01. The number of H-pyrrole nitrogens is 1. The smallest absolute Gasteiger partial charge is 0.340 e. The quantitative estimate of drug-likeness (QED) is 0.384. The normalized spacial score (nSPS) is 11.5. The van der Waals surface area contributed by atoms with Crippen molar-refractivity contribution in [2.24, 2.45) is 0 Å². The second-order valence-electron chi connectivity index (χ2n) is 7.59. The summed E-state index contributed by atoms with van der Waals surface area (Å²) in [5.41, 5.74) is 3.92. The zero-order valence-electron chi connectivity index (χ0n) is 19.5. The van der Waals surface area contributed by atoms with Crippen molar-refractivity contribution in [2.75, 3.05) is 19.0 Å². The third kappa shape index (κ3) is 5.74. The molecule has 0 radical (unpaired) electrons. The van der Waals surface area contributed by atoms with Gasteiger partial charge in [0.05, 0.1) is 31.9 Å². The number of aromatic nitrogens is 1. The van der Waals surface area contributed by atoms with Crippen LogP contribution in [0.2, 0.25) is 0 Å². The lowest BCUT2D eigenvalue weighted by Crippen LogP contribution is -2.28. The summed E-state index contributed by atoms with van der Waals surface area (Å²) in [6.07, 6.45) is 0.510. The van der Waals surface area contributed by atoms with Gasteiger partial charge in [0.15, 0.2) is 0 Å². The van der Waals surface area contributed by atoms with Crippen LogP contribution in [0.1, 0.15) is 64.5 Å². The van der Waals surface area contributed by atoms with Gasteiger partial charge in [-0.2, -0.15) is 0 Å². The summed E-state index contributed by atoms with van der Waals surface area (Å²) in [4.78, 5) is 29.2. The molecular weight excluding hydrogens is 418 g/mol. The Balaban J connectivity index is 1.88. The van der Waals surface area contributed by atoms with Gasteiger partial charge in [0.25, 0.3) is 5.91 Å². The zero-order chi connectivity index (χ0) is 23.8. The first-order valence-electron chi connectivity index (χ1n) is 11.1. The number of ether oxygens (including phenoxy) is 2. The van der Waals surface area contributed by atoms with Crippen molar-refractivity contribution in [1.29, 1.82) is 0 Å². The third-order valence-electron chi connectivity index (χ3n) is 5.45. The lowest BCUT2D eigenvalue weighted by Gasteiger charge is -2.14. The van der Waals surface area contributed by atoms with E-state index in [-0.39, 0.29) is 18.6 Å². The lowest BCUT2D eigenvalue weighted by molar-refractivity contribution is 0.0524. The van der Waals surface area contributed by atoms with Crippen LogP contribution in [0.15, 0.2) is 54.6 Å². The van der Waals surface area contributed by atoms with Crippen molar-refractivity contribution in [3.8, 4) is 5.75 Å². The highest BCUT2D eigenvalue weighted by Crippen LogP contribution is 2.24. The fraction of sp³-hybridized carbons (Fsp3) is 0.308. The Kier molecular flexibility index (Phi) is 8.13. The second kappa shape index (κ2) is 11.2. The highest BCUT2D eigenvalue weighted by atomic mass is 16.5. The molecule has 174 valence electrons. The topological polar surface area (TPSA) is 92.5 Å². The second-order valence-corrected chi connectivity index (χ2v) is 7.59. The monoisotopic (exact) mass is 449 g/mol. The van der Waals surface area contributed by atoms with E-state index in [2.05, 4.69) is 15.6 Å². The SMILES string of the molecule is CCOC(=O)c1c(CNc2ccc(OC)cc2)[nH]c(C(=O)N[C@@H](C)c2ccccc2)c1CC. The number of carbonyl (C=O) groups excluding carboxylic acids is 2. The number of nitrogens with one attached hydrogen (secondary N) is 3. The van der Waals surface area contributed by atoms with Crippen LogP contribution in [-0.4, -0.2) is 30.6 Å².